The minimum Gasteiger partial charge on any atom is -0.367 e. The lowest BCUT2D eigenvalue weighted by Crippen LogP contribution is -2.12. The van der Waals surface area contributed by atoms with Gasteiger partial charge in [-0.25, -0.2) is 9.37 Å². The number of nitrogens with one attached hydrogen (secondary N) is 1. The van der Waals surface area contributed by atoms with Crippen molar-refractivity contribution >= 4 is 17.4 Å². The van der Waals surface area contributed by atoms with Gasteiger partial charge in [-0.3, -0.25) is 0 Å². The van der Waals surface area contributed by atoms with Crippen molar-refractivity contribution in [1.29, 1.82) is 0 Å². The monoisotopic (exact) mass is 216 g/mol. The number of halogens is 2. The average molecular weight is 217 g/mol. The van der Waals surface area contributed by atoms with Gasteiger partial charge in [-0.05, 0) is 12.0 Å². The second kappa shape index (κ2) is 5.15. The van der Waals surface area contributed by atoms with Crippen LogP contribution in [0, 0.1) is 11.7 Å². The SMILES string of the molecule is CCC(C)CNc1ncc(Cl)cc1F. The van der Waals surface area contributed by atoms with Gasteiger partial charge in [0.25, 0.3) is 0 Å². The molecule has 1 rings (SSSR count). The molecule has 0 aliphatic rings. The van der Waals surface area contributed by atoms with Gasteiger partial charge >= 0.3 is 0 Å². The van der Waals surface area contributed by atoms with Crippen molar-refractivity contribution < 1.29 is 4.39 Å². The first kappa shape index (κ1) is 11.2. The number of hydrogen-bond acceptors (Lipinski definition) is 2. The van der Waals surface area contributed by atoms with E-state index in [1.54, 1.807) is 0 Å². The molecule has 0 fully saturated rings. The molecule has 0 aliphatic heterocycles. The van der Waals surface area contributed by atoms with Gasteiger partial charge in [-0.1, -0.05) is 31.9 Å². The zero-order valence-corrected chi connectivity index (χ0v) is 9.11. The quantitative estimate of drug-likeness (QED) is 0.835. The van der Waals surface area contributed by atoms with Crippen LogP contribution in [-0.2, 0) is 0 Å². The fourth-order valence-corrected chi connectivity index (χ4v) is 1.10. The van der Waals surface area contributed by atoms with Gasteiger partial charge in [-0.15, -0.1) is 0 Å². The van der Waals surface area contributed by atoms with Crippen molar-refractivity contribution in [2.75, 3.05) is 11.9 Å². The summed E-state index contributed by atoms with van der Waals surface area (Å²) >= 11 is 5.58. The molecule has 1 aromatic rings. The van der Waals surface area contributed by atoms with Crippen molar-refractivity contribution in [2.24, 2.45) is 5.92 Å². The lowest BCUT2D eigenvalue weighted by Gasteiger charge is -2.10. The molecule has 0 saturated heterocycles. The van der Waals surface area contributed by atoms with E-state index in [-0.39, 0.29) is 5.82 Å². The topological polar surface area (TPSA) is 24.9 Å². The molecule has 0 amide bonds. The molecule has 1 heterocycles. The van der Waals surface area contributed by atoms with Crippen molar-refractivity contribution in [2.45, 2.75) is 20.3 Å². The molecule has 1 aromatic heterocycles. The third-order valence-electron chi connectivity index (χ3n) is 2.12. The predicted octanol–water partition coefficient (Wildman–Crippen LogP) is 3.33. The summed E-state index contributed by atoms with van der Waals surface area (Å²) in [7, 11) is 0. The van der Waals surface area contributed by atoms with Gasteiger partial charge in [-0.2, -0.15) is 0 Å². The number of aromatic nitrogens is 1. The summed E-state index contributed by atoms with van der Waals surface area (Å²) in [6.07, 6.45) is 2.49. The minimum absolute atomic E-state index is 0.273. The van der Waals surface area contributed by atoms with Crippen LogP contribution in [-0.4, -0.2) is 11.5 Å². The summed E-state index contributed by atoms with van der Waals surface area (Å²) in [4.78, 5) is 3.87. The third kappa shape index (κ3) is 3.14. The first-order valence-electron chi connectivity index (χ1n) is 4.68. The van der Waals surface area contributed by atoms with E-state index in [1.807, 2.05) is 0 Å². The molecule has 0 radical (unpaired) electrons. The smallest absolute Gasteiger partial charge is 0.166 e. The van der Waals surface area contributed by atoms with Gasteiger partial charge in [0.15, 0.2) is 11.6 Å². The highest BCUT2D eigenvalue weighted by Crippen LogP contribution is 2.15. The lowest BCUT2D eigenvalue weighted by molar-refractivity contribution is 0.582. The number of pyridine rings is 1. The Kier molecular flexibility index (Phi) is 4.14. The van der Waals surface area contributed by atoms with Crippen LogP contribution in [0.4, 0.5) is 10.2 Å². The molecule has 0 bridgehead atoms. The van der Waals surface area contributed by atoms with Crippen LogP contribution in [0.2, 0.25) is 5.02 Å². The molecular weight excluding hydrogens is 203 g/mol. The van der Waals surface area contributed by atoms with Crippen LogP contribution in [0.15, 0.2) is 12.3 Å². The van der Waals surface area contributed by atoms with Crippen molar-refractivity contribution in [3.8, 4) is 0 Å². The first-order valence-corrected chi connectivity index (χ1v) is 5.06. The maximum Gasteiger partial charge on any atom is 0.166 e. The summed E-state index contributed by atoms with van der Waals surface area (Å²) in [6, 6.07) is 1.26. The average Bonchev–Trinajstić information content (AvgIpc) is 2.16. The van der Waals surface area contributed by atoms with Crippen LogP contribution < -0.4 is 5.32 Å². The molecule has 0 aromatic carbocycles. The fourth-order valence-electron chi connectivity index (χ4n) is 0.960. The number of nitrogens with zero attached hydrogens (tertiary/aromatic N) is 1. The van der Waals surface area contributed by atoms with E-state index >= 15 is 0 Å². The molecule has 0 spiro atoms. The van der Waals surface area contributed by atoms with Crippen LogP contribution >= 0.6 is 11.6 Å². The predicted molar refractivity (Wildman–Crippen MR) is 57.1 cm³/mol. The minimum atomic E-state index is -0.402. The van der Waals surface area contributed by atoms with E-state index < -0.39 is 5.82 Å². The second-order valence-corrected chi connectivity index (χ2v) is 3.81. The highest BCUT2D eigenvalue weighted by Gasteiger charge is 2.05. The zero-order valence-electron chi connectivity index (χ0n) is 8.35. The molecule has 1 unspecified atom stereocenters. The van der Waals surface area contributed by atoms with Gasteiger partial charge in [0.2, 0.25) is 0 Å². The van der Waals surface area contributed by atoms with Gasteiger partial charge in [0.05, 0.1) is 5.02 Å². The van der Waals surface area contributed by atoms with E-state index in [4.69, 9.17) is 11.6 Å². The third-order valence-corrected chi connectivity index (χ3v) is 2.33. The normalized spacial score (nSPS) is 12.6. The van der Waals surface area contributed by atoms with E-state index in [9.17, 15) is 4.39 Å². The second-order valence-electron chi connectivity index (χ2n) is 3.38. The maximum atomic E-state index is 13.2. The number of hydrogen-bond donors (Lipinski definition) is 1. The van der Waals surface area contributed by atoms with Crippen LogP contribution in [0.3, 0.4) is 0 Å². The van der Waals surface area contributed by atoms with Gasteiger partial charge < -0.3 is 5.32 Å². The fraction of sp³-hybridized carbons (Fsp3) is 0.500. The maximum absolute atomic E-state index is 13.2. The molecule has 0 saturated carbocycles. The van der Waals surface area contributed by atoms with Crippen LogP contribution in [0.5, 0.6) is 0 Å². The Bertz CT molecular complexity index is 304. The molecule has 1 N–H and O–H groups in total. The van der Waals surface area contributed by atoms with Crippen LogP contribution in [0.25, 0.3) is 0 Å². The first-order chi connectivity index (χ1) is 6.63. The van der Waals surface area contributed by atoms with Crippen molar-refractivity contribution in [1.82, 2.24) is 4.98 Å². The summed E-state index contributed by atoms with van der Waals surface area (Å²) in [6.45, 7) is 4.92. The molecule has 14 heavy (non-hydrogen) atoms. The zero-order chi connectivity index (χ0) is 10.6. The summed E-state index contributed by atoms with van der Waals surface area (Å²) < 4.78 is 13.2. The highest BCUT2D eigenvalue weighted by atomic mass is 35.5. The van der Waals surface area contributed by atoms with Gasteiger partial charge in [0.1, 0.15) is 0 Å². The standard InChI is InChI=1S/C10H14ClFN2/c1-3-7(2)5-13-10-9(12)4-8(11)6-14-10/h4,6-7H,3,5H2,1-2H3,(H,13,14). The Morgan fingerprint density at radius 1 is 1.64 bits per heavy atom. The molecule has 78 valence electrons. The van der Waals surface area contributed by atoms with E-state index in [0.29, 0.717) is 10.9 Å². The molecule has 2 nitrogen and oxygen atoms in total. The number of rotatable bonds is 4. The van der Waals surface area contributed by atoms with E-state index in [0.717, 1.165) is 13.0 Å². The molecular formula is C10H14ClFN2. The molecule has 1 atom stereocenters. The Labute approximate surface area is 88.5 Å². The Morgan fingerprint density at radius 2 is 2.36 bits per heavy atom. The number of anilines is 1. The summed E-state index contributed by atoms with van der Waals surface area (Å²) in [5.41, 5.74) is 0. The van der Waals surface area contributed by atoms with E-state index in [1.165, 1.54) is 12.3 Å². The Morgan fingerprint density at radius 3 is 2.93 bits per heavy atom. The summed E-state index contributed by atoms with van der Waals surface area (Å²) in [5.74, 6) is 0.377. The van der Waals surface area contributed by atoms with Crippen molar-refractivity contribution in [3.63, 3.8) is 0 Å². The Balaban J connectivity index is 2.59. The summed E-state index contributed by atoms with van der Waals surface area (Å²) in [5, 5.41) is 3.26. The van der Waals surface area contributed by atoms with Crippen molar-refractivity contribution in [3.05, 3.63) is 23.1 Å². The molecule has 4 heteroatoms. The van der Waals surface area contributed by atoms with E-state index in [2.05, 4.69) is 24.1 Å². The Hall–Kier alpha value is -0.830. The molecule has 0 aliphatic carbocycles. The van der Waals surface area contributed by atoms with Crippen LogP contribution in [0.1, 0.15) is 20.3 Å². The highest BCUT2D eigenvalue weighted by molar-refractivity contribution is 6.30. The lowest BCUT2D eigenvalue weighted by atomic mass is 10.1. The largest absolute Gasteiger partial charge is 0.367 e. The van der Waals surface area contributed by atoms with Gasteiger partial charge in [0, 0.05) is 12.7 Å².